The molecule has 3 N–H and O–H groups in total. The van der Waals surface area contributed by atoms with Gasteiger partial charge in [-0.1, -0.05) is 0 Å². The number of anilines is 1. The standard InChI is InChI=1S/C15H18FN3O2/c1-3-19(12-6-4-11(16)5-7-12)9-13-8-10(2)14(21-13)15(20)18-17/h4-8H,3,9,17H2,1-2H3,(H,18,20). The zero-order chi connectivity index (χ0) is 15.4. The lowest BCUT2D eigenvalue weighted by Crippen LogP contribution is -2.30. The quantitative estimate of drug-likeness (QED) is 0.504. The van der Waals surface area contributed by atoms with Crippen LogP contribution in [0.15, 0.2) is 34.7 Å². The van der Waals surface area contributed by atoms with E-state index in [4.69, 9.17) is 10.3 Å². The van der Waals surface area contributed by atoms with Crippen molar-refractivity contribution in [2.24, 2.45) is 5.84 Å². The van der Waals surface area contributed by atoms with Crippen molar-refractivity contribution in [1.29, 1.82) is 0 Å². The average Bonchev–Trinajstić information content (AvgIpc) is 2.85. The number of nitrogens with zero attached hydrogens (tertiary/aromatic N) is 1. The predicted molar refractivity (Wildman–Crippen MR) is 78.2 cm³/mol. The summed E-state index contributed by atoms with van der Waals surface area (Å²) in [6.07, 6.45) is 0. The van der Waals surface area contributed by atoms with Gasteiger partial charge in [-0.3, -0.25) is 10.2 Å². The third-order valence-corrected chi connectivity index (χ3v) is 3.23. The molecule has 5 nitrogen and oxygen atoms in total. The zero-order valence-electron chi connectivity index (χ0n) is 12.0. The lowest BCUT2D eigenvalue weighted by Gasteiger charge is -2.21. The van der Waals surface area contributed by atoms with Crippen LogP contribution in [0.3, 0.4) is 0 Å². The molecule has 6 heteroatoms. The van der Waals surface area contributed by atoms with Gasteiger partial charge in [0.25, 0.3) is 0 Å². The molecule has 0 aliphatic carbocycles. The minimum atomic E-state index is -0.455. The summed E-state index contributed by atoms with van der Waals surface area (Å²) in [4.78, 5) is 13.5. The van der Waals surface area contributed by atoms with Crippen molar-refractivity contribution in [1.82, 2.24) is 5.43 Å². The molecule has 21 heavy (non-hydrogen) atoms. The van der Waals surface area contributed by atoms with E-state index in [0.717, 1.165) is 17.8 Å². The number of rotatable bonds is 5. The normalized spacial score (nSPS) is 10.5. The Morgan fingerprint density at radius 3 is 2.62 bits per heavy atom. The molecule has 0 aliphatic rings. The molecule has 0 saturated carbocycles. The maximum Gasteiger partial charge on any atom is 0.301 e. The van der Waals surface area contributed by atoms with Gasteiger partial charge in [0.15, 0.2) is 5.76 Å². The minimum absolute atomic E-state index is 0.211. The van der Waals surface area contributed by atoms with Crippen molar-refractivity contribution in [3.63, 3.8) is 0 Å². The summed E-state index contributed by atoms with van der Waals surface area (Å²) in [6.45, 7) is 4.99. The number of carbonyl (C=O) groups excluding carboxylic acids is 1. The molecule has 1 aromatic carbocycles. The van der Waals surface area contributed by atoms with Crippen LogP contribution in [0.4, 0.5) is 10.1 Å². The lowest BCUT2D eigenvalue weighted by atomic mass is 10.2. The summed E-state index contributed by atoms with van der Waals surface area (Å²) >= 11 is 0. The smallest absolute Gasteiger partial charge is 0.301 e. The first-order valence-corrected chi connectivity index (χ1v) is 6.66. The van der Waals surface area contributed by atoms with E-state index in [9.17, 15) is 9.18 Å². The van der Waals surface area contributed by atoms with Gasteiger partial charge in [-0.2, -0.15) is 0 Å². The molecule has 0 saturated heterocycles. The summed E-state index contributed by atoms with van der Waals surface area (Å²) in [7, 11) is 0. The summed E-state index contributed by atoms with van der Waals surface area (Å²) < 4.78 is 18.5. The fourth-order valence-corrected chi connectivity index (χ4v) is 2.14. The molecule has 1 amide bonds. The highest BCUT2D eigenvalue weighted by atomic mass is 19.1. The molecule has 2 rings (SSSR count). The van der Waals surface area contributed by atoms with Crippen LogP contribution in [0.5, 0.6) is 0 Å². The molecule has 0 unspecified atom stereocenters. The third-order valence-electron chi connectivity index (χ3n) is 3.23. The van der Waals surface area contributed by atoms with E-state index in [-0.39, 0.29) is 11.6 Å². The Balaban J connectivity index is 2.19. The SMILES string of the molecule is CCN(Cc1cc(C)c(C(=O)NN)o1)c1ccc(F)cc1. The fraction of sp³-hybridized carbons (Fsp3) is 0.267. The molecule has 0 atom stereocenters. The Labute approximate surface area is 122 Å². The number of nitrogens with two attached hydrogens (primary N) is 1. The molecule has 0 bridgehead atoms. The minimum Gasteiger partial charge on any atom is -0.454 e. The van der Waals surface area contributed by atoms with E-state index >= 15 is 0 Å². The van der Waals surface area contributed by atoms with Crippen LogP contribution in [0.1, 0.15) is 28.8 Å². The predicted octanol–water partition coefficient (Wildman–Crippen LogP) is 2.36. The first-order chi connectivity index (χ1) is 10.0. The first kappa shape index (κ1) is 15.1. The van der Waals surface area contributed by atoms with Crippen LogP contribution in [0, 0.1) is 12.7 Å². The number of hydrogen-bond donors (Lipinski definition) is 2. The van der Waals surface area contributed by atoms with Gasteiger partial charge >= 0.3 is 5.91 Å². The Bertz CT molecular complexity index is 622. The van der Waals surface area contributed by atoms with E-state index < -0.39 is 5.91 Å². The Hall–Kier alpha value is -2.34. The van der Waals surface area contributed by atoms with Gasteiger partial charge in [-0.15, -0.1) is 0 Å². The van der Waals surface area contributed by atoms with Crippen molar-refractivity contribution in [3.05, 3.63) is 53.2 Å². The van der Waals surface area contributed by atoms with Crippen molar-refractivity contribution >= 4 is 11.6 Å². The maximum absolute atomic E-state index is 13.0. The second-order valence-electron chi connectivity index (χ2n) is 4.69. The van der Waals surface area contributed by atoms with Gasteiger partial charge in [0.05, 0.1) is 6.54 Å². The molecule has 0 radical (unpaired) electrons. The van der Waals surface area contributed by atoms with E-state index in [1.54, 1.807) is 25.1 Å². The topological polar surface area (TPSA) is 71.5 Å². The van der Waals surface area contributed by atoms with Crippen LogP contribution < -0.4 is 16.2 Å². The first-order valence-electron chi connectivity index (χ1n) is 6.66. The number of furan rings is 1. The van der Waals surface area contributed by atoms with E-state index in [1.807, 2.05) is 11.8 Å². The Kier molecular flexibility index (Phi) is 4.59. The highest BCUT2D eigenvalue weighted by molar-refractivity contribution is 5.92. The van der Waals surface area contributed by atoms with Crippen molar-refractivity contribution < 1.29 is 13.6 Å². The molecule has 0 fully saturated rings. The van der Waals surface area contributed by atoms with Crippen molar-refractivity contribution in [2.75, 3.05) is 11.4 Å². The molecular weight excluding hydrogens is 273 g/mol. The number of hydrogen-bond acceptors (Lipinski definition) is 4. The molecule has 0 aliphatic heterocycles. The van der Waals surface area contributed by atoms with Gasteiger partial charge in [-0.05, 0) is 44.2 Å². The van der Waals surface area contributed by atoms with Gasteiger partial charge in [0.1, 0.15) is 11.6 Å². The number of nitrogens with one attached hydrogen (secondary N) is 1. The maximum atomic E-state index is 13.0. The van der Waals surface area contributed by atoms with Gasteiger partial charge in [0, 0.05) is 17.8 Å². The molecule has 1 heterocycles. The van der Waals surface area contributed by atoms with Crippen molar-refractivity contribution in [3.8, 4) is 0 Å². The number of carbonyl (C=O) groups is 1. The third kappa shape index (κ3) is 3.41. The molecule has 112 valence electrons. The zero-order valence-corrected chi connectivity index (χ0v) is 12.0. The molecule has 1 aromatic heterocycles. The van der Waals surface area contributed by atoms with Crippen LogP contribution in [0.2, 0.25) is 0 Å². The second kappa shape index (κ2) is 6.41. The fourth-order valence-electron chi connectivity index (χ4n) is 2.14. The van der Waals surface area contributed by atoms with Gasteiger partial charge < -0.3 is 9.32 Å². The highest BCUT2D eigenvalue weighted by Gasteiger charge is 2.16. The number of amides is 1. The van der Waals surface area contributed by atoms with E-state index in [2.05, 4.69) is 5.43 Å². The van der Waals surface area contributed by atoms with Gasteiger partial charge in [-0.25, -0.2) is 10.2 Å². The average molecular weight is 291 g/mol. The number of hydrazine groups is 1. The monoisotopic (exact) mass is 291 g/mol. The Morgan fingerprint density at radius 1 is 1.38 bits per heavy atom. The number of benzene rings is 1. The van der Waals surface area contributed by atoms with Crippen LogP contribution in [-0.4, -0.2) is 12.5 Å². The van der Waals surface area contributed by atoms with E-state index in [1.165, 1.54) is 12.1 Å². The number of halogens is 1. The molecular formula is C15H18FN3O2. The molecule has 0 spiro atoms. The highest BCUT2D eigenvalue weighted by Crippen LogP contribution is 2.21. The van der Waals surface area contributed by atoms with Crippen LogP contribution in [0.25, 0.3) is 0 Å². The summed E-state index contributed by atoms with van der Waals surface area (Å²) in [5, 5.41) is 0. The van der Waals surface area contributed by atoms with E-state index in [0.29, 0.717) is 12.3 Å². The largest absolute Gasteiger partial charge is 0.454 e. The second-order valence-corrected chi connectivity index (χ2v) is 4.69. The summed E-state index contributed by atoms with van der Waals surface area (Å²) in [6, 6.07) is 8.05. The van der Waals surface area contributed by atoms with Crippen LogP contribution in [-0.2, 0) is 6.54 Å². The summed E-state index contributed by atoms with van der Waals surface area (Å²) in [5.41, 5.74) is 3.66. The van der Waals surface area contributed by atoms with Gasteiger partial charge in [0.2, 0.25) is 0 Å². The Morgan fingerprint density at radius 2 is 2.05 bits per heavy atom. The molecule has 2 aromatic rings. The van der Waals surface area contributed by atoms with Crippen molar-refractivity contribution in [2.45, 2.75) is 20.4 Å². The van der Waals surface area contributed by atoms with Crippen LogP contribution >= 0.6 is 0 Å². The lowest BCUT2D eigenvalue weighted by molar-refractivity contribution is 0.0923. The number of nitrogen functional groups attached to an aromatic ring is 1. The summed E-state index contributed by atoms with van der Waals surface area (Å²) in [5.74, 6) is 5.24. The number of aryl methyl sites for hydroxylation is 1.